The lowest BCUT2D eigenvalue weighted by molar-refractivity contribution is 0.180. The number of carbonyl (C=O) groups is 1. The molecule has 1 fully saturated rings. The fraction of sp³-hybridized carbons (Fsp3) is 0.625. The summed E-state index contributed by atoms with van der Waals surface area (Å²) in [6, 6.07) is 6.02. The maximum atomic E-state index is 12.2. The number of ether oxygens (including phenoxy) is 1. The van der Waals surface area contributed by atoms with E-state index >= 15 is 0 Å². The van der Waals surface area contributed by atoms with E-state index in [-0.39, 0.29) is 18.2 Å². The van der Waals surface area contributed by atoms with E-state index in [0.29, 0.717) is 12.4 Å². The van der Waals surface area contributed by atoms with Crippen LogP contribution in [0.1, 0.15) is 38.8 Å². The molecule has 1 aromatic rings. The van der Waals surface area contributed by atoms with Crippen LogP contribution in [0.25, 0.3) is 0 Å². The van der Waals surface area contributed by atoms with Crippen molar-refractivity contribution in [1.82, 2.24) is 15.2 Å². The highest BCUT2D eigenvalue weighted by atomic mass is 16.5. The van der Waals surface area contributed by atoms with Crippen LogP contribution in [0.4, 0.5) is 4.79 Å². The van der Waals surface area contributed by atoms with Crippen molar-refractivity contribution < 1.29 is 9.53 Å². The second kappa shape index (κ2) is 7.29. The molecule has 116 valence electrons. The second-order valence-electron chi connectivity index (χ2n) is 5.55. The molecule has 0 spiro atoms. The first-order valence-electron chi connectivity index (χ1n) is 7.78. The zero-order valence-corrected chi connectivity index (χ0v) is 13.1. The van der Waals surface area contributed by atoms with Crippen LogP contribution in [0.15, 0.2) is 18.2 Å². The van der Waals surface area contributed by atoms with Crippen LogP contribution < -0.4 is 10.1 Å². The zero-order chi connectivity index (χ0) is 15.2. The molecule has 1 atom stereocenters. The van der Waals surface area contributed by atoms with Crippen LogP contribution in [0.3, 0.4) is 0 Å². The third-order valence-corrected chi connectivity index (χ3v) is 3.90. The van der Waals surface area contributed by atoms with Gasteiger partial charge in [-0.1, -0.05) is 19.9 Å². The summed E-state index contributed by atoms with van der Waals surface area (Å²) in [4.78, 5) is 18.3. The Balaban J connectivity index is 1.84. The lowest BCUT2D eigenvalue weighted by atomic mass is 10.2. The highest BCUT2D eigenvalue weighted by molar-refractivity contribution is 5.74. The van der Waals surface area contributed by atoms with E-state index in [1.54, 1.807) is 0 Å². The summed E-state index contributed by atoms with van der Waals surface area (Å²) >= 11 is 0. The molecule has 0 saturated carbocycles. The zero-order valence-electron chi connectivity index (χ0n) is 13.1. The Bertz CT molecular complexity index is 474. The largest absolute Gasteiger partial charge is 0.472 e. The van der Waals surface area contributed by atoms with Crippen LogP contribution in [0.2, 0.25) is 0 Å². The number of nitrogens with one attached hydrogen (secondary N) is 1. The minimum atomic E-state index is 0.0204. The number of hydrogen-bond acceptors (Lipinski definition) is 3. The van der Waals surface area contributed by atoms with Crippen LogP contribution in [0, 0.1) is 6.92 Å². The van der Waals surface area contributed by atoms with E-state index < -0.39 is 0 Å². The molecule has 0 aromatic carbocycles. The Labute approximate surface area is 126 Å². The first kappa shape index (κ1) is 15.6. The molecule has 1 aromatic heterocycles. The molecule has 5 nitrogen and oxygen atoms in total. The van der Waals surface area contributed by atoms with Crippen LogP contribution in [-0.4, -0.2) is 41.2 Å². The van der Waals surface area contributed by atoms with Gasteiger partial charge in [-0.15, -0.1) is 0 Å². The van der Waals surface area contributed by atoms with E-state index in [0.717, 1.165) is 31.5 Å². The van der Waals surface area contributed by atoms with Gasteiger partial charge in [0.25, 0.3) is 0 Å². The quantitative estimate of drug-likeness (QED) is 0.907. The number of rotatable bonds is 5. The van der Waals surface area contributed by atoms with Crippen molar-refractivity contribution in [2.45, 2.75) is 52.2 Å². The van der Waals surface area contributed by atoms with Gasteiger partial charge in [0, 0.05) is 30.8 Å². The van der Waals surface area contributed by atoms with Gasteiger partial charge < -0.3 is 15.0 Å². The van der Waals surface area contributed by atoms with Gasteiger partial charge in [0.1, 0.15) is 6.10 Å². The van der Waals surface area contributed by atoms with Crippen molar-refractivity contribution in [3.8, 4) is 5.88 Å². The standard InChI is InChI=1S/C16H25N3O2/c1-4-13(5-2)18-16(20)19-10-9-14(11-19)21-15-8-6-7-12(3)17-15/h6-8,13-14H,4-5,9-11H2,1-3H3,(H,18,20). The minimum Gasteiger partial charge on any atom is -0.472 e. The summed E-state index contributed by atoms with van der Waals surface area (Å²) in [6.45, 7) is 7.49. The van der Waals surface area contributed by atoms with Gasteiger partial charge in [-0.05, 0) is 25.8 Å². The molecule has 0 radical (unpaired) electrons. The van der Waals surface area contributed by atoms with E-state index in [1.807, 2.05) is 30.0 Å². The van der Waals surface area contributed by atoms with Crippen LogP contribution >= 0.6 is 0 Å². The molecule has 5 heteroatoms. The number of urea groups is 1. The van der Waals surface area contributed by atoms with E-state index in [4.69, 9.17) is 4.74 Å². The highest BCUT2D eigenvalue weighted by Crippen LogP contribution is 2.17. The normalized spacial score (nSPS) is 18.1. The average Bonchev–Trinajstić information content (AvgIpc) is 2.93. The maximum absolute atomic E-state index is 12.2. The number of likely N-dealkylation sites (tertiary alicyclic amines) is 1. The number of hydrogen-bond donors (Lipinski definition) is 1. The average molecular weight is 291 g/mol. The molecule has 2 rings (SSSR count). The first-order chi connectivity index (χ1) is 10.1. The predicted molar refractivity (Wildman–Crippen MR) is 82.5 cm³/mol. The van der Waals surface area contributed by atoms with Crippen molar-refractivity contribution in [2.75, 3.05) is 13.1 Å². The van der Waals surface area contributed by atoms with Crippen molar-refractivity contribution in [2.24, 2.45) is 0 Å². The third-order valence-electron chi connectivity index (χ3n) is 3.90. The lowest BCUT2D eigenvalue weighted by Crippen LogP contribution is -2.44. The Kier molecular flexibility index (Phi) is 5.42. The number of carbonyl (C=O) groups excluding carboxylic acids is 1. The van der Waals surface area contributed by atoms with E-state index in [2.05, 4.69) is 24.1 Å². The Morgan fingerprint density at radius 3 is 2.90 bits per heavy atom. The van der Waals surface area contributed by atoms with Crippen molar-refractivity contribution in [3.05, 3.63) is 23.9 Å². The molecule has 2 heterocycles. The summed E-state index contributed by atoms with van der Waals surface area (Å²) in [6.07, 6.45) is 2.81. The molecule has 1 unspecified atom stereocenters. The fourth-order valence-corrected chi connectivity index (χ4v) is 2.52. The molecule has 1 aliphatic rings. The fourth-order valence-electron chi connectivity index (χ4n) is 2.52. The number of amides is 2. The van der Waals surface area contributed by atoms with Gasteiger partial charge in [-0.2, -0.15) is 0 Å². The smallest absolute Gasteiger partial charge is 0.317 e. The number of aromatic nitrogens is 1. The van der Waals surface area contributed by atoms with Crippen molar-refractivity contribution in [3.63, 3.8) is 0 Å². The molecule has 0 aliphatic carbocycles. The first-order valence-corrected chi connectivity index (χ1v) is 7.78. The topological polar surface area (TPSA) is 54.5 Å². The van der Waals surface area contributed by atoms with Crippen molar-refractivity contribution >= 4 is 6.03 Å². The SMILES string of the molecule is CCC(CC)NC(=O)N1CCC(Oc2cccc(C)n2)C1. The number of nitrogens with zero attached hydrogens (tertiary/aromatic N) is 2. The summed E-state index contributed by atoms with van der Waals surface area (Å²) in [5, 5.41) is 3.07. The molecular formula is C16H25N3O2. The summed E-state index contributed by atoms with van der Waals surface area (Å²) in [5.74, 6) is 0.641. The van der Waals surface area contributed by atoms with Crippen LogP contribution in [-0.2, 0) is 0 Å². The van der Waals surface area contributed by atoms with Crippen LogP contribution in [0.5, 0.6) is 5.88 Å². The van der Waals surface area contributed by atoms with Gasteiger partial charge in [0.05, 0.1) is 6.54 Å². The second-order valence-corrected chi connectivity index (χ2v) is 5.55. The predicted octanol–water partition coefficient (Wildman–Crippen LogP) is 2.74. The molecular weight excluding hydrogens is 266 g/mol. The van der Waals surface area contributed by atoms with Gasteiger partial charge in [0.2, 0.25) is 5.88 Å². The van der Waals surface area contributed by atoms with Crippen molar-refractivity contribution in [1.29, 1.82) is 0 Å². The summed E-state index contributed by atoms with van der Waals surface area (Å²) in [7, 11) is 0. The molecule has 1 N–H and O–H groups in total. The van der Waals surface area contributed by atoms with Gasteiger partial charge >= 0.3 is 6.03 Å². The summed E-state index contributed by atoms with van der Waals surface area (Å²) < 4.78 is 5.86. The summed E-state index contributed by atoms with van der Waals surface area (Å²) in [5.41, 5.74) is 0.939. The molecule has 0 bridgehead atoms. The molecule has 21 heavy (non-hydrogen) atoms. The van der Waals surface area contributed by atoms with E-state index in [9.17, 15) is 4.79 Å². The van der Waals surface area contributed by atoms with Gasteiger partial charge in [0.15, 0.2) is 0 Å². The van der Waals surface area contributed by atoms with E-state index in [1.165, 1.54) is 0 Å². The highest BCUT2D eigenvalue weighted by Gasteiger charge is 2.28. The molecule has 1 saturated heterocycles. The monoisotopic (exact) mass is 291 g/mol. The molecule has 2 amide bonds. The Morgan fingerprint density at radius 1 is 1.48 bits per heavy atom. The van der Waals surface area contributed by atoms with Gasteiger partial charge in [-0.25, -0.2) is 9.78 Å². The minimum absolute atomic E-state index is 0.0204. The van der Waals surface area contributed by atoms with Gasteiger partial charge in [-0.3, -0.25) is 0 Å². The Hall–Kier alpha value is -1.78. The number of aryl methyl sites for hydroxylation is 1. The number of pyridine rings is 1. The Morgan fingerprint density at radius 2 is 2.24 bits per heavy atom. The third kappa shape index (κ3) is 4.34. The molecule has 1 aliphatic heterocycles. The maximum Gasteiger partial charge on any atom is 0.317 e. The lowest BCUT2D eigenvalue weighted by Gasteiger charge is -2.21.